The molecular formula is C15H14ClN3O2. The van der Waals surface area contributed by atoms with Crippen molar-refractivity contribution >= 4 is 28.3 Å². The highest BCUT2D eigenvalue weighted by Gasteiger charge is 2.13. The number of hydrogen-bond donors (Lipinski definition) is 2. The molecule has 3 N–H and O–H groups in total. The number of rotatable bonds is 3. The van der Waals surface area contributed by atoms with Crippen molar-refractivity contribution in [1.82, 2.24) is 9.55 Å². The SMILES string of the molecule is COc1ccc(-n2c(CO)nc3cc(N)ccc32)cc1Cl. The molecule has 0 aliphatic heterocycles. The number of nitrogens with two attached hydrogens (primary N) is 1. The van der Waals surface area contributed by atoms with Gasteiger partial charge < -0.3 is 15.6 Å². The first-order valence-electron chi connectivity index (χ1n) is 6.35. The number of ether oxygens (including phenoxy) is 1. The number of nitrogens with zero attached hydrogens (tertiary/aromatic N) is 2. The second kappa shape index (κ2) is 5.27. The van der Waals surface area contributed by atoms with Gasteiger partial charge in [-0.05, 0) is 36.4 Å². The van der Waals surface area contributed by atoms with E-state index in [1.807, 2.05) is 16.7 Å². The van der Waals surface area contributed by atoms with Crippen molar-refractivity contribution < 1.29 is 9.84 Å². The number of halogens is 1. The van der Waals surface area contributed by atoms with E-state index in [0.29, 0.717) is 22.3 Å². The van der Waals surface area contributed by atoms with E-state index in [1.54, 1.807) is 31.4 Å². The van der Waals surface area contributed by atoms with Gasteiger partial charge in [-0.25, -0.2) is 4.98 Å². The Morgan fingerprint density at radius 2 is 2.10 bits per heavy atom. The van der Waals surface area contributed by atoms with Crippen LogP contribution in [0.1, 0.15) is 5.82 Å². The second-order valence-corrected chi connectivity index (χ2v) is 5.00. The van der Waals surface area contributed by atoms with E-state index in [0.717, 1.165) is 16.7 Å². The average Bonchev–Trinajstić information content (AvgIpc) is 2.84. The van der Waals surface area contributed by atoms with Gasteiger partial charge in [0.05, 0.1) is 23.2 Å². The van der Waals surface area contributed by atoms with Gasteiger partial charge in [-0.1, -0.05) is 11.6 Å². The Bertz CT molecular complexity index is 814. The zero-order valence-corrected chi connectivity index (χ0v) is 12.1. The molecule has 0 unspecified atom stereocenters. The van der Waals surface area contributed by atoms with Crippen LogP contribution >= 0.6 is 11.6 Å². The van der Waals surface area contributed by atoms with Crippen LogP contribution in [-0.4, -0.2) is 21.8 Å². The van der Waals surface area contributed by atoms with E-state index < -0.39 is 0 Å². The number of methoxy groups -OCH3 is 1. The first-order chi connectivity index (χ1) is 10.1. The molecule has 0 radical (unpaired) electrons. The molecule has 5 nitrogen and oxygen atoms in total. The third kappa shape index (κ3) is 2.30. The lowest BCUT2D eigenvalue weighted by molar-refractivity contribution is 0.270. The van der Waals surface area contributed by atoms with E-state index in [-0.39, 0.29) is 6.61 Å². The number of aromatic nitrogens is 2. The Morgan fingerprint density at radius 1 is 1.29 bits per heavy atom. The number of aliphatic hydroxyl groups is 1. The van der Waals surface area contributed by atoms with Gasteiger partial charge in [0.2, 0.25) is 0 Å². The maximum atomic E-state index is 9.55. The highest BCUT2D eigenvalue weighted by atomic mass is 35.5. The maximum Gasteiger partial charge on any atom is 0.140 e. The van der Waals surface area contributed by atoms with E-state index in [2.05, 4.69) is 4.98 Å². The maximum absolute atomic E-state index is 9.55. The number of hydrogen-bond acceptors (Lipinski definition) is 4. The fourth-order valence-electron chi connectivity index (χ4n) is 2.34. The average molecular weight is 304 g/mol. The van der Waals surface area contributed by atoms with Gasteiger partial charge in [-0.2, -0.15) is 0 Å². The van der Waals surface area contributed by atoms with Crippen LogP contribution in [0.2, 0.25) is 5.02 Å². The van der Waals surface area contributed by atoms with Crippen molar-refractivity contribution in [2.24, 2.45) is 0 Å². The van der Waals surface area contributed by atoms with Crippen molar-refractivity contribution in [2.45, 2.75) is 6.61 Å². The third-order valence-corrected chi connectivity index (χ3v) is 3.58. The Hall–Kier alpha value is -2.24. The van der Waals surface area contributed by atoms with Crippen LogP contribution in [0.4, 0.5) is 5.69 Å². The number of nitrogen functional groups attached to an aromatic ring is 1. The van der Waals surface area contributed by atoms with Crippen LogP contribution in [0.5, 0.6) is 5.75 Å². The lowest BCUT2D eigenvalue weighted by atomic mass is 10.2. The summed E-state index contributed by atoms with van der Waals surface area (Å²) in [5.41, 5.74) is 8.79. The minimum atomic E-state index is -0.182. The Morgan fingerprint density at radius 3 is 2.76 bits per heavy atom. The quantitative estimate of drug-likeness (QED) is 0.730. The largest absolute Gasteiger partial charge is 0.495 e. The molecule has 6 heteroatoms. The Balaban J connectivity index is 2.25. The predicted octanol–water partition coefficient (Wildman–Crippen LogP) is 2.76. The summed E-state index contributed by atoms with van der Waals surface area (Å²) in [6.07, 6.45) is 0. The van der Waals surface area contributed by atoms with Crippen molar-refractivity contribution in [2.75, 3.05) is 12.8 Å². The molecule has 0 amide bonds. The molecule has 2 aromatic carbocycles. The fraction of sp³-hybridized carbons (Fsp3) is 0.133. The van der Waals surface area contributed by atoms with Crippen molar-refractivity contribution in [1.29, 1.82) is 0 Å². The summed E-state index contributed by atoms with van der Waals surface area (Å²) in [6, 6.07) is 10.9. The minimum Gasteiger partial charge on any atom is -0.495 e. The molecule has 3 rings (SSSR count). The van der Waals surface area contributed by atoms with Gasteiger partial charge in [-0.3, -0.25) is 4.57 Å². The molecule has 0 aliphatic rings. The minimum absolute atomic E-state index is 0.182. The van der Waals surface area contributed by atoms with Crippen LogP contribution in [0.3, 0.4) is 0 Å². The number of benzene rings is 2. The molecule has 0 spiro atoms. The summed E-state index contributed by atoms with van der Waals surface area (Å²) in [5.74, 6) is 1.12. The highest BCUT2D eigenvalue weighted by Crippen LogP contribution is 2.29. The number of aliphatic hydroxyl groups excluding tert-OH is 1. The van der Waals surface area contributed by atoms with Crippen LogP contribution < -0.4 is 10.5 Å². The number of anilines is 1. The molecule has 108 valence electrons. The van der Waals surface area contributed by atoms with Crippen LogP contribution in [-0.2, 0) is 6.61 Å². The van der Waals surface area contributed by atoms with Crippen LogP contribution in [0, 0.1) is 0 Å². The Kier molecular flexibility index (Phi) is 3.45. The lowest BCUT2D eigenvalue weighted by Crippen LogP contribution is -2.01. The fourth-order valence-corrected chi connectivity index (χ4v) is 2.59. The van der Waals surface area contributed by atoms with Gasteiger partial charge in [0, 0.05) is 11.4 Å². The summed E-state index contributed by atoms with van der Waals surface area (Å²) in [6.45, 7) is -0.182. The molecule has 0 saturated heterocycles. The topological polar surface area (TPSA) is 73.3 Å². The number of imidazole rings is 1. The lowest BCUT2D eigenvalue weighted by Gasteiger charge is -2.10. The zero-order chi connectivity index (χ0) is 15.0. The summed E-state index contributed by atoms with van der Waals surface area (Å²) in [4.78, 5) is 4.40. The molecule has 0 saturated carbocycles. The summed E-state index contributed by atoms with van der Waals surface area (Å²) in [5, 5.41) is 10.0. The van der Waals surface area contributed by atoms with Crippen molar-refractivity contribution in [3.05, 3.63) is 47.2 Å². The molecule has 0 fully saturated rings. The summed E-state index contributed by atoms with van der Waals surface area (Å²) in [7, 11) is 1.56. The standard InChI is InChI=1S/C15H14ClN3O2/c1-21-14-5-3-10(7-11(14)16)19-13-4-2-9(17)6-12(13)18-15(19)8-20/h2-7,20H,8,17H2,1H3. The molecule has 21 heavy (non-hydrogen) atoms. The second-order valence-electron chi connectivity index (χ2n) is 4.59. The molecular weight excluding hydrogens is 290 g/mol. The normalized spacial score (nSPS) is 11.0. The van der Waals surface area contributed by atoms with Crippen molar-refractivity contribution in [3.8, 4) is 11.4 Å². The van der Waals surface area contributed by atoms with E-state index in [9.17, 15) is 5.11 Å². The van der Waals surface area contributed by atoms with E-state index >= 15 is 0 Å². The number of fused-ring (bicyclic) bond motifs is 1. The van der Waals surface area contributed by atoms with Gasteiger partial charge in [0.1, 0.15) is 18.2 Å². The van der Waals surface area contributed by atoms with E-state index in [4.69, 9.17) is 22.1 Å². The van der Waals surface area contributed by atoms with Crippen molar-refractivity contribution in [3.63, 3.8) is 0 Å². The monoisotopic (exact) mass is 303 g/mol. The molecule has 1 aromatic heterocycles. The predicted molar refractivity (Wildman–Crippen MR) is 83.0 cm³/mol. The highest BCUT2D eigenvalue weighted by molar-refractivity contribution is 6.32. The van der Waals surface area contributed by atoms with Gasteiger partial charge in [0.25, 0.3) is 0 Å². The molecule has 0 aliphatic carbocycles. The summed E-state index contributed by atoms with van der Waals surface area (Å²) < 4.78 is 7.00. The van der Waals surface area contributed by atoms with Crippen LogP contribution in [0.25, 0.3) is 16.7 Å². The molecule has 1 heterocycles. The summed E-state index contributed by atoms with van der Waals surface area (Å²) >= 11 is 6.18. The molecule has 0 atom stereocenters. The third-order valence-electron chi connectivity index (χ3n) is 3.28. The first-order valence-corrected chi connectivity index (χ1v) is 6.73. The van der Waals surface area contributed by atoms with Gasteiger partial charge in [-0.15, -0.1) is 0 Å². The molecule has 3 aromatic rings. The smallest absolute Gasteiger partial charge is 0.140 e. The Labute approximate surface area is 126 Å². The molecule has 0 bridgehead atoms. The first kappa shape index (κ1) is 13.7. The van der Waals surface area contributed by atoms with Crippen LogP contribution in [0.15, 0.2) is 36.4 Å². The van der Waals surface area contributed by atoms with Gasteiger partial charge in [0.15, 0.2) is 0 Å². The van der Waals surface area contributed by atoms with E-state index in [1.165, 1.54) is 0 Å². The van der Waals surface area contributed by atoms with Gasteiger partial charge >= 0.3 is 0 Å². The zero-order valence-electron chi connectivity index (χ0n) is 11.4.